The molecule has 2 nitrogen and oxygen atoms in total. The molecule has 2 bridgehead atoms. The molecule has 3 fully saturated rings. The Hall–Kier alpha value is -0.370. The van der Waals surface area contributed by atoms with Gasteiger partial charge in [-0.3, -0.25) is 4.79 Å². The minimum Gasteiger partial charge on any atom is -0.368 e. The van der Waals surface area contributed by atoms with Gasteiger partial charge in [0.05, 0.1) is 0 Å². The first-order chi connectivity index (χ1) is 6.77. The van der Waals surface area contributed by atoms with Gasteiger partial charge in [-0.2, -0.15) is 0 Å². The van der Waals surface area contributed by atoms with Gasteiger partial charge in [0.25, 0.3) is 0 Å². The van der Waals surface area contributed by atoms with Crippen LogP contribution in [0.25, 0.3) is 0 Å². The minimum atomic E-state index is -0.369. The maximum atomic E-state index is 12.0. The number of rotatable bonds is 2. The van der Waals surface area contributed by atoms with Crippen molar-refractivity contribution in [2.24, 2.45) is 5.92 Å². The molecule has 0 aromatic carbocycles. The smallest absolute Gasteiger partial charge is 0.164 e. The molecule has 14 heavy (non-hydrogen) atoms. The lowest BCUT2D eigenvalue weighted by Gasteiger charge is -2.40. The molecule has 0 aliphatic heterocycles. The van der Waals surface area contributed by atoms with Crippen LogP contribution in [0, 0.1) is 5.92 Å². The number of carbonyl (C=O) groups is 1. The Bertz CT molecular complexity index is 214. The lowest BCUT2D eigenvalue weighted by molar-refractivity contribution is -0.152. The first-order valence-electron chi connectivity index (χ1n) is 5.94. The number of ketones is 1. The predicted molar refractivity (Wildman–Crippen MR) is 55.2 cm³/mol. The summed E-state index contributed by atoms with van der Waals surface area (Å²) in [5.41, 5.74) is -0.369. The SMILES string of the molecule is CCOC12CCC(CCCC1=O)CC2. The molecular formula is C12H20O2. The Morgan fingerprint density at radius 3 is 2.71 bits per heavy atom. The predicted octanol–water partition coefficient (Wildman–Crippen LogP) is 2.70. The normalized spacial score (nSPS) is 38.1. The number of carbonyl (C=O) groups excluding carboxylic acids is 1. The third-order valence-electron chi connectivity index (χ3n) is 3.86. The maximum absolute atomic E-state index is 12.0. The molecule has 0 amide bonds. The van der Waals surface area contributed by atoms with Crippen LogP contribution in [-0.2, 0) is 9.53 Å². The van der Waals surface area contributed by atoms with E-state index in [-0.39, 0.29) is 5.60 Å². The molecule has 0 N–H and O–H groups in total. The van der Waals surface area contributed by atoms with Crippen molar-refractivity contribution in [3.8, 4) is 0 Å². The van der Waals surface area contributed by atoms with Crippen LogP contribution < -0.4 is 0 Å². The molecule has 80 valence electrons. The highest BCUT2D eigenvalue weighted by Gasteiger charge is 2.43. The molecule has 0 heterocycles. The van der Waals surface area contributed by atoms with Crippen LogP contribution in [0.5, 0.6) is 0 Å². The van der Waals surface area contributed by atoms with Crippen LogP contribution in [-0.4, -0.2) is 18.0 Å². The van der Waals surface area contributed by atoms with Gasteiger partial charge in [-0.15, -0.1) is 0 Å². The van der Waals surface area contributed by atoms with Crippen LogP contribution in [0.2, 0.25) is 0 Å². The molecular weight excluding hydrogens is 176 g/mol. The summed E-state index contributed by atoms with van der Waals surface area (Å²) in [6.07, 6.45) is 7.44. The number of hydrogen-bond acceptors (Lipinski definition) is 2. The fourth-order valence-corrected chi connectivity index (χ4v) is 2.99. The van der Waals surface area contributed by atoms with Gasteiger partial charge in [0.2, 0.25) is 0 Å². The van der Waals surface area contributed by atoms with Crippen molar-refractivity contribution in [2.75, 3.05) is 6.61 Å². The van der Waals surface area contributed by atoms with E-state index in [0.717, 1.165) is 31.6 Å². The van der Waals surface area contributed by atoms with Crippen LogP contribution in [0.4, 0.5) is 0 Å². The Morgan fingerprint density at radius 2 is 2.07 bits per heavy atom. The molecule has 0 spiro atoms. The fourth-order valence-electron chi connectivity index (χ4n) is 2.99. The molecule has 0 unspecified atom stereocenters. The van der Waals surface area contributed by atoms with Gasteiger partial charge in [0, 0.05) is 13.0 Å². The van der Waals surface area contributed by atoms with Crippen molar-refractivity contribution < 1.29 is 9.53 Å². The largest absolute Gasteiger partial charge is 0.368 e. The Morgan fingerprint density at radius 1 is 1.36 bits per heavy atom. The zero-order valence-electron chi connectivity index (χ0n) is 9.05. The van der Waals surface area contributed by atoms with Crippen molar-refractivity contribution in [2.45, 2.75) is 57.5 Å². The first-order valence-corrected chi connectivity index (χ1v) is 5.94. The maximum Gasteiger partial charge on any atom is 0.164 e. The van der Waals surface area contributed by atoms with E-state index in [2.05, 4.69) is 0 Å². The van der Waals surface area contributed by atoms with Gasteiger partial charge in [-0.05, 0) is 44.9 Å². The molecule has 0 aromatic heterocycles. The van der Waals surface area contributed by atoms with Gasteiger partial charge < -0.3 is 4.74 Å². The molecule has 0 saturated heterocycles. The molecule has 0 radical (unpaired) electrons. The number of ether oxygens (including phenoxy) is 1. The van der Waals surface area contributed by atoms with Crippen molar-refractivity contribution in [1.29, 1.82) is 0 Å². The molecule has 0 atom stereocenters. The van der Waals surface area contributed by atoms with Gasteiger partial charge in [-0.1, -0.05) is 6.42 Å². The first kappa shape index (κ1) is 10.2. The van der Waals surface area contributed by atoms with Crippen LogP contribution in [0.15, 0.2) is 0 Å². The average Bonchev–Trinajstić information content (AvgIpc) is 2.18. The van der Waals surface area contributed by atoms with Crippen molar-refractivity contribution in [1.82, 2.24) is 0 Å². The molecule has 3 saturated carbocycles. The minimum absolute atomic E-state index is 0.369. The van der Waals surface area contributed by atoms with Crippen molar-refractivity contribution in [3.05, 3.63) is 0 Å². The van der Waals surface area contributed by atoms with Crippen LogP contribution in [0.1, 0.15) is 51.9 Å². The summed E-state index contributed by atoms with van der Waals surface area (Å²) in [6.45, 7) is 2.67. The second kappa shape index (κ2) is 4.01. The number of fused-ring (bicyclic) bond motifs is 5. The van der Waals surface area contributed by atoms with Crippen molar-refractivity contribution >= 4 is 5.78 Å². The molecule has 0 aromatic rings. The van der Waals surface area contributed by atoms with Gasteiger partial charge in [0.1, 0.15) is 5.60 Å². The lowest BCUT2D eigenvalue weighted by Crippen LogP contribution is -2.46. The Balaban J connectivity index is 2.14. The molecule has 3 rings (SSSR count). The summed E-state index contributed by atoms with van der Waals surface area (Å²) in [4.78, 5) is 12.0. The zero-order chi connectivity index (χ0) is 10.0. The van der Waals surface area contributed by atoms with E-state index in [4.69, 9.17) is 4.74 Å². The summed E-state index contributed by atoms with van der Waals surface area (Å²) in [5.74, 6) is 1.24. The zero-order valence-corrected chi connectivity index (χ0v) is 9.05. The van der Waals surface area contributed by atoms with Crippen LogP contribution >= 0.6 is 0 Å². The molecule has 2 heteroatoms. The van der Waals surface area contributed by atoms with Gasteiger partial charge in [-0.25, -0.2) is 0 Å². The highest BCUT2D eigenvalue weighted by atomic mass is 16.5. The monoisotopic (exact) mass is 196 g/mol. The summed E-state index contributed by atoms with van der Waals surface area (Å²) in [5, 5.41) is 0. The highest BCUT2D eigenvalue weighted by molar-refractivity contribution is 5.87. The van der Waals surface area contributed by atoms with E-state index in [1.807, 2.05) is 6.92 Å². The summed E-state index contributed by atoms with van der Waals surface area (Å²) in [7, 11) is 0. The second-order valence-corrected chi connectivity index (χ2v) is 4.69. The van der Waals surface area contributed by atoms with Crippen LogP contribution in [0.3, 0.4) is 0 Å². The van der Waals surface area contributed by atoms with E-state index in [1.165, 1.54) is 19.3 Å². The summed E-state index contributed by atoms with van der Waals surface area (Å²) in [6, 6.07) is 0. The summed E-state index contributed by atoms with van der Waals surface area (Å²) >= 11 is 0. The fraction of sp³-hybridized carbons (Fsp3) is 0.917. The topological polar surface area (TPSA) is 26.3 Å². The quantitative estimate of drug-likeness (QED) is 0.678. The number of hydrogen-bond donors (Lipinski definition) is 0. The average molecular weight is 196 g/mol. The number of Topliss-reactive ketones (excluding diaryl/α,β-unsaturated/α-hetero) is 1. The van der Waals surface area contributed by atoms with E-state index < -0.39 is 0 Å². The Kier molecular flexibility index (Phi) is 2.91. The van der Waals surface area contributed by atoms with Gasteiger partial charge >= 0.3 is 0 Å². The van der Waals surface area contributed by atoms with E-state index in [1.54, 1.807) is 0 Å². The lowest BCUT2D eigenvalue weighted by atomic mass is 9.71. The second-order valence-electron chi connectivity index (χ2n) is 4.69. The van der Waals surface area contributed by atoms with E-state index in [9.17, 15) is 4.79 Å². The third-order valence-corrected chi connectivity index (χ3v) is 3.86. The molecule has 3 aliphatic rings. The van der Waals surface area contributed by atoms with E-state index in [0.29, 0.717) is 12.4 Å². The standard InChI is InChI=1S/C12H20O2/c1-2-14-12-8-6-10(7-9-12)4-3-5-11(12)13/h10H,2-9H2,1H3. The Labute approximate surface area is 86.0 Å². The summed E-state index contributed by atoms with van der Waals surface area (Å²) < 4.78 is 5.76. The third kappa shape index (κ3) is 1.72. The van der Waals surface area contributed by atoms with Crippen molar-refractivity contribution in [3.63, 3.8) is 0 Å². The highest BCUT2D eigenvalue weighted by Crippen LogP contribution is 2.40. The van der Waals surface area contributed by atoms with E-state index >= 15 is 0 Å². The molecule has 3 aliphatic carbocycles. The van der Waals surface area contributed by atoms with Gasteiger partial charge in [0.15, 0.2) is 5.78 Å².